The maximum absolute atomic E-state index is 12.6. The summed E-state index contributed by atoms with van der Waals surface area (Å²) in [6.07, 6.45) is 3.05. The van der Waals surface area contributed by atoms with Crippen molar-refractivity contribution in [2.45, 2.75) is 50.6 Å². The van der Waals surface area contributed by atoms with Crippen LogP contribution in [0.5, 0.6) is 0 Å². The van der Waals surface area contributed by atoms with E-state index in [4.69, 9.17) is 9.90 Å². The molecule has 1 saturated carbocycles. The molecule has 1 aromatic heterocycles. The van der Waals surface area contributed by atoms with Gasteiger partial charge in [0.2, 0.25) is 5.91 Å². The average molecular weight is 427 g/mol. The average Bonchev–Trinajstić information content (AvgIpc) is 3.21. The van der Waals surface area contributed by atoms with Crippen molar-refractivity contribution in [3.05, 3.63) is 54.6 Å². The molecule has 0 aliphatic heterocycles. The van der Waals surface area contributed by atoms with Crippen LogP contribution in [0.3, 0.4) is 0 Å². The van der Waals surface area contributed by atoms with Crippen LogP contribution in [-0.4, -0.2) is 43.9 Å². The Hall–Kier alpha value is -2.88. The van der Waals surface area contributed by atoms with E-state index >= 15 is 0 Å². The molecule has 30 heavy (non-hydrogen) atoms. The first-order valence-electron chi connectivity index (χ1n) is 9.46. The molecule has 3 rings (SSSR count). The van der Waals surface area contributed by atoms with Crippen LogP contribution >= 0.6 is 0 Å². The summed E-state index contributed by atoms with van der Waals surface area (Å²) in [7, 11) is 0. The van der Waals surface area contributed by atoms with Gasteiger partial charge in [0.1, 0.15) is 0 Å². The maximum Gasteiger partial charge on any atom is 0.490 e. The molecule has 1 aliphatic carbocycles. The number of aliphatic carboxylic acids is 1. The van der Waals surface area contributed by atoms with Gasteiger partial charge in [0.15, 0.2) is 0 Å². The molecule has 0 radical (unpaired) electrons. The van der Waals surface area contributed by atoms with Crippen LogP contribution < -0.4 is 5.32 Å². The number of rotatable bonds is 5. The summed E-state index contributed by atoms with van der Waals surface area (Å²) in [4.78, 5) is 25.6. The monoisotopic (exact) mass is 427 g/mol. The van der Waals surface area contributed by atoms with E-state index in [2.05, 4.69) is 10.3 Å². The Morgan fingerprint density at radius 3 is 2.27 bits per heavy atom. The number of amides is 1. The number of carboxylic acids is 1. The minimum Gasteiger partial charge on any atom is -0.475 e. The Balaban J connectivity index is 0.000000396. The van der Waals surface area contributed by atoms with Crippen LogP contribution in [-0.2, 0) is 16.1 Å². The minimum atomic E-state index is -5.08. The van der Waals surface area contributed by atoms with Crippen molar-refractivity contribution in [2.24, 2.45) is 5.92 Å². The number of carbonyl (C=O) groups excluding carboxylic acids is 1. The van der Waals surface area contributed by atoms with Crippen molar-refractivity contribution >= 4 is 11.9 Å². The van der Waals surface area contributed by atoms with Gasteiger partial charge in [0, 0.05) is 24.9 Å². The minimum absolute atomic E-state index is 0.00685. The van der Waals surface area contributed by atoms with Crippen LogP contribution in [0.1, 0.15) is 37.3 Å². The fourth-order valence-corrected chi connectivity index (χ4v) is 3.15. The Morgan fingerprint density at radius 1 is 1.17 bits per heavy atom. The van der Waals surface area contributed by atoms with E-state index in [-0.39, 0.29) is 24.0 Å². The van der Waals surface area contributed by atoms with Gasteiger partial charge in [-0.2, -0.15) is 13.2 Å². The van der Waals surface area contributed by atoms with Crippen molar-refractivity contribution in [3.63, 3.8) is 0 Å². The third-order valence-electron chi connectivity index (χ3n) is 4.78. The Labute approximate surface area is 171 Å². The van der Waals surface area contributed by atoms with Gasteiger partial charge in [-0.15, -0.1) is 0 Å². The molecule has 7 nitrogen and oxygen atoms in total. The first-order valence-corrected chi connectivity index (χ1v) is 9.46. The second kappa shape index (κ2) is 10.8. The molecule has 0 bridgehead atoms. The van der Waals surface area contributed by atoms with Crippen LogP contribution in [0.25, 0.3) is 0 Å². The van der Waals surface area contributed by atoms with E-state index < -0.39 is 12.1 Å². The molecule has 1 aromatic carbocycles. The summed E-state index contributed by atoms with van der Waals surface area (Å²) >= 11 is 0. The molecule has 0 spiro atoms. The number of nitrogens with zero attached hydrogens (tertiary/aromatic N) is 2. The summed E-state index contributed by atoms with van der Waals surface area (Å²) in [6.45, 7) is 0.658. The highest BCUT2D eigenvalue weighted by Gasteiger charge is 2.38. The summed E-state index contributed by atoms with van der Waals surface area (Å²) < 4.78 is 33.7. The fourth-order valence-electron chi connectivity index (χ4n) is 3.15. The normalized spacial score (nSPS) is 19.9. The van der Waals surface area contributed by atoms with E-state index in [0.29, 0.717) is 6.54 Å². The van der Waals surface area contributed by atoms with Crippen LogP contribution in [0.2, 0.25) is 0 Å². The van der Waals surface area contributed by atoms with Gasteiger partial charge in [0.25, 0.3) is 0 Å². The third kappa shape index (κ3) is 7.51. The molecule has 1 heterocycles. The smallest absolute Gasteiger partial charge is 0.475 e. The van der Waals surface area contributed by atoms with Gasteiger partial charge >= 0.3 is 12.1 Å². The summed E-state index contributed by atoms with van der Waals surface area (Å²) in [5, 5.41) is 19.9. The zero-order valence-corrected chi connectivity index (χ0v) is 16.1. The van der Waals surface area contributed by atoms with Crippen molar-refractivity contribution in [1.29, 1.82) is 0 Å². The number of alkyl halides is 3. The Kier molecular flexibility index (Phi) is 8.40. The lowest BCUT2D eigenvalue weighted by Crippen LogP contribution is -2.37. The highest BCUT2D eigenvalue weighted by molar-refractivity contribution is 5.79. The fraction of sp³-hybridized carbons (Fsp3) is 0.450. The molecule has 1 aliphatic rings. The molecular formula is C20H24F3N3O4. The number of carboxylic acid groups (broad SMARTS) is 1. The highest BCUT2D eigenvalue weighted by Crippen LogP contribution is 2.25. The summed E-state index contributed by atoms with van der Waals surface area (Å²) in [6, 6.07) is 9.93. The number of benzene rings is 1. The van der Waals surface area contributed by atoms with Gasteiger partial charge in [-0.05, 0) is 31.2 Å². The lowest BCUT2D eigenvalue weighted by molar-refractivity contribution is -0.192. The number of hydrogen-bond acceptors (Lipinski definition) is 4. The van der Waals surface area contributed by atoms with Gasteiger partial charge < -0.3 is 20.1 Å². The van der Waals surface area contributed by atoms with Gasteiger partial charge in [-0.3, -0.25) is 4.79 Å². The summed E-state index contributed by atoms with van der Waals surface area (Å²) in [5.41, 5.74) is 1.09. The Morgan fingerprint density at radius 2 is 1.77 bits per heavy atom. The molecule has 10 heteroatoms. The molecule has 2 aromatic rings. The van der Waals surface area contributed by atoms with Crippen molar-refractivity contribution in [1.82, 2.24) is 14.9 Å². The Bertz CT molecular complexity index is 789. The van der Waals surface area contributed by atoms with E-state index in [1.165, 1.54) is 0 Å². The van der Waals surface area contributed by atoms with Gasteiger partial charge in [-0.25, -0.2) is 9.78 Å². The van der Waals surface area contributed by atoms with Gasteiger partial charge in [-0.1, -0.05) is 30.3 Å². The molecule has 1 fully saturated rings. The summed E-state index contributed by atoms with van der Waals surface area (Å²) in [5.74, 6) is -2.66. The first-order chi connectivity index (χ1) is 14.2. The number of halogens is 3. The second-order valence-corrected chi connectivity index (χ2v) is 7.04. The number of hydrogen-bond donors (Lipinski definition) is 3. The van der Waals surface area contributed by atoms with Crippen LogP contribution in [0.4, 0.5) is 13.2 Å². The number of carbonyl (C=O) groups is 2. The van der Waals surface area contributed by atoms with E-state index in [1.807, 2.05) is 41.1 Å². The predicted molar refractivity (Wildman–Crippen MR) is 101 cm³/mol. The van der Waals surface area contributed by atoms with Crippen LogP contribution in [0, 0.1) is 5.92 Å². The van der Waals surface area contributed by atoms with Crippen LogP contribution in [0.15, 0.2) is 49.1 Å². The van der Waals surface area contributed by atoms with Gasteiger partial charge in [0.05, 0.1) is 18.5 Å². The zero-order chi connectivity index (χ0) is 22.1. The predicted octanol–water partition coefficient (Wildman–Crippen LogP) is 2.93. The lowest BCUT2D eigenvalue weighted by Gasteiger charge is -2.27. The van der Waals surface area contributed by atoms with Crippen molar-refractivity contribution < 1.29 is 33.0 Å². The quantitative estimate of drug-likeness (QED) is 0.681. The van der Waals surface area contributed by atoms with E-state index in [1.54, 1.807) is 12.5 Å². The lowest BCUT2D eigenvalue weighted by atomic mass is 9.86. The first kappa shape index (κ1) is 23.4. The van der Waals surface area contributed by atoms with E-state index in [9.17, 15) is 23.1 Å². The molecule has 1 atom stereocenters. The molecule has 0 saturated heterocycles. The van der Waals surface area contributed by atoms with Crippen molar-refractivity contribution in [3.8, 4) is 0 Å². The number of aliphatic hydroxyl groups is 1. The largest absolute Gasteiger partial charge is 0.490 e. The standard InChI is InChI=1S/C18H23N3O2.C2HF3O2/c22-16-8-6-15(7-9-16)18(23)20-17(12-21-11-10-19-13-21)14-4-2-1-3-5-14;3-2(4,5)1(6)7/h1-5,10-11,13,15-17,22H,6-9,12H2,(H,20,23);(H,6,7). The molecule has 164 valence electrons. The maximum atomic E-state index is 12.6. The number of aliphatic hydroxyl groups excluding tert-OH is 1. The highest BCUT2D eigenvalue weighted by atomic mass is 19.4. The second-order valence-electron chi connectivity index (χ2n) is 7.04. The topological polar surface area (TPSA) is 104 Å². The molecule has 3 N–H and O–H groups in total. The van der Waals surface area contributed by atoms with Crippen molar-refractivity contribution in [2.75, 3.05) is 0 Å². The zero-order valence-electron chi connectivity index (χ0n) is 16.1. The number of aromatic nitrogens is 2. The molecule has 1 amide bonds. The van der Waals surface area contributed by atoms with E-state index in [0.717, 1.165) is 31.2 Å². The SMILES string of the molecule is O=C(NC(Cn1ccnc1)c1ccccc1)C1CCC(O)CC1.O=C(O)C(F)(F)F. The number of nitrogens with one attached hydrogen (secondary N) is 1. The molecular weight excluding hydrogens is 403 g/mol. The number of imidazole rings is 1. The third-order valence-corrected chi connectivity index (χ3v) is 4.78. The molecule has 1 unspecified atom stereocenters.